The first-order chi connectivity index (χ1) is 14.2. The van der Waals surface area contributed by atoms with Crippen molar-refractivity contribution in [3.05, 3.63) is 17.7 Å². The van der Waals surface area contributed by atoms with Gasteiger partial charge in [-0.25, -0.2) is 0 Å². The maximum atomic E-state index is 5.58. The molecule has 0 saturated carbocycles. The third-order valence-electron chi connectivity index (χ3n) is 5.25. The highest BCUT2D eigenvalue weighted by atomic mass is 16.5. The second-order valence-corrected chi connectivity index (χ2v) is 7.26. The van der Waals surface area contributed by atoms with Gasteiger partial charge >= 0.3 is 0 Å². The van der Waals surface area contributed by atoms with Gasteiger partial charge in [-0.1, -0.05) is 13.0 Å². The van der Waals surface area contributed by atoms with Gasteiger partial charge in [0.05, 0.1) is 21.3 Å². The molecule has 1 aromatic rings. The number of hydrogen-bond donors (Lipinski definition) is 2. The lowest BCUT2D eigenvalue weighted by atomic mass is 10.1. The van der Waals surface area contributed by atoms with Crippen LogP contribution in [0.4, 0.5) is 0 Å². The molecule has 7 nitrogen and oxygen atoms in total. The number of guanidine groups is 1. The van der Waals surface area contributed by atoms with Crippen molar-refractivity contribution >= 4 is 5.96 Å². The summed E-state index contributed by atoms with van der Waals surface area (Å²) in [5, 5.41) is 6.98. The molecule has 0 unspecified atom stereocenters. The molecule has 1 aromatic carbocycles. The molecule has 29 heavy (non-hydrogen) atoms. The fourth-order valence-corrected chi connectivity index (χ4v) is 3.78. The minimum Gasteiger partial charge on any atom is -0.493 e. The van der Waals surface area contributed by atoms with Crippen molar-refractivity contribution in [1.29, 1.82) is 0 Å². The fraction of sp³-hybridized carbons (Fsp3) is 0.682. The smallest absolute Gasteiger partial charge is 0.203 e. The molecule has 1 saturated heterocycles. The Morgan fingerprint density at radius 3 is 2.38 bits per heavy atom. The lowest BCUT2D eigenvalue weighted by Crippen LogP contribution is -2.48. The van der Waals surface area contributed by atoms with Crippen LogP contribution in [0.2, 0.25) is 0 Å². The van der Waals surface area contributed by atoms with E-state index < -0.39 is 0 Å². The van der Waals surface area contributed by atoms with E-state index >= 15 is 0 Å². The predicted octanol–water partition coefficient (Wildman–Crippen LogP) is 2.68. The molecule has 0 aromatic heterocycles. The molecule has 1 aliphatic rings. The summed E-state index contributed by atoms with van der Waals surface area (Å²) in [5.41, 5.74) is 1.05. The van der Waals surface area contributed by atoms with Gasteiger partial charge in [0.2, 0.25) is 5.75 Å². The minimum atomic E-state index is 0.483. The van der Waals surface area contributed by atoms with E-state index in [4.69, 9.17) is 19.2 Å². The monoisotopic (exact) mass is 406 g/mol. The topological polar surface area (TPSA) is 67.4 Å². The Kier molecular flexibility index (Phi) is 9.91. The predicted molar refractivity (Wildman–Crippen MR) is 119 cm³/mol. The number of nitrogens with one attached hydrogen (secondary N) is 2. The molecule has 1 heterocycles. The van der Waals surface area contributed by atoms with Crippen molar-refractivity contribution in [3.8, 4) is 17.2 Å². The molecule has 2 rings (SSSR count). The molecule has 0 amide bonds. The Morgan fingerprint density at radius 1 is 1.07 bits per heavy atom. The van der Waals surface area contributed by atoms with Gasteiger partial charge in [0.25, 0.3) is 0 Å². The van der Waals surface area contributed by atoms with E-state index in [9.17, 15) is 0 Å². The van der Waals surface area contributed by atoms with E-state index in [1.54, 1.807) is 21.3 Å². The van der Waals surface area contributed by atoms with Crippen LogP contribution in [-0.2, 0) is 6.42 Å². The number of rotatable bonds is 10. The zero-order valence-electron chi connectivity index (χ0n) is 18.7. The molecule has 0 radical (unpaired) electrons. The highest BCUT2D eigenvalue weighted by molar-refractivity contribution is 5.80. The van der Waals surface area contributed by atoms with Crippen molar-refractivity contribution in [3.63, 3.8) is 0 Å². The van der Waals surface area contributed by atoms with E-state index in [2.05, 4.69) is 29.4 Å². The maximum absolute atomic E-state index is 5.58. The van der Waals surface area contributed by atoms with Crippen molar-refractivity contribution in [2.45, 2.75) is 45.6 Å². The van der Waals surface area contributed by atoms with Gasteiger partial charge in [-0.05, 0) is 45.2 Å². The highest BCUT2D eigenvalue weighted by Crippen LogP contribution is 2.39. The molecule has 1 aliphatic heterocycles. The average molecular weight is 407 g/mol. The first-order valence-electron chi connectivity index (χ1n) is 10.7. The van der Waals surface area contributed by atoms with Gasteiger partial charge in [-0.15, -0.1) is 0 Å². The maximum Gasteiger partial charge on any atom is 0.203 e. The number of benzene rings is 1. The Labute approximate surface area is 175 Å². The quantitative estimate of drug-likeness (QED) is 0.460. The number of hydrogen-bond acceptors (Lipinski definition) is 5. The first kappa shape index (κ1) is 23.1. The molecule has 0 bridgehead atoms. The van der Waals surface area contributed by atoms with E-state index in [1.165, 1.54) is 13.0 Å². The van der Waals surface area contributed by atoms with E-state index in [0.717, 1.165) is 50.4 Å². The van der Waals surface area contributed by atoms with Crippen LogP contribution in [0, 0.1) is 0 Å². The number of piperidine rings is 1. The SMILES string of the molecule is CCCN1CCC(NC(=NCCc2ccc(OC)c(OC)c2OC)NCC)CC1. The number of aliphatic imine (C=N–C) groups is 1. The Balaban J connectivity index is 1.97. The summed E-state index contributed by atoms with van der Waals surface area (Å²) in [6, 6.07) is 4.41. The van der Waals surface area contributed by atoms with Gasteiger partial charge in [0.1, 0.15) is 0 Å². The molecular formula is C22H38N4O3. The van der Waals surface area contributed by atoms with Crippen LogP contribution in [0.3, 0.4) is 0 Å². The van der Waals surface area contributed by atoms with Crippen molar-refractivity contribution < 1.29 is 14.2 Å². The second-order valence-electron chi connectivity index (χ2n) is 7.26. The van der Waals surface area contributed by atoms with E-state index in [-0.39, 0.29) is 0 Å². The zero-order valence-corrected chi connectivity index (χ0v) is 18.7. The largest absolute Gasteiger partial charge is 0.493 e. The molecular weight excluding hydrogens is 368 g/mol. The summed E-state index contributed by atoms with van der Waals surface area (Å²) in [6.45, 7) is 9.37. The summed E-state index contributed by atoms with van der Waals surface area (Å²) < 4.78 is 16.4. The lowest BCUT2D eigenvalue weighted by Gasteiger charge is -2.32. The molecule has 7 heteroatoms. The van der Waals surface area contributed by atoms with Gasteiger partial charge in [0, 0.05) is 37.8 Å². The summed E-state index contributed by atoms with van der Waals surface area (Å²) in [6.07, 6.45) is 4.30. The second kappa shape index (κ2) is 12.4. The number of ether oxygens (including phenoxy) is 3. The molecule has 0 aliphatic carbocycles. The van der Waals surface area contributed by atoms with Gasteiger partial charge < -0.3 is 29.7 Å². The third kappa shape index (κ3) is 6.70. The molecule has 2 N–H and O–H groups in total. The minimum absolute atomic E-state index is 0.483. The first-order valence-corrected chi connectivity index (χ1v) is 10.7. The van der Waals surface area contributed by atoms with Crippen LogP contribution < -0.4 is 24.8 Å². The van der Waals surface area contributed by atoms with Gasteiger partial charge in [-0.2, -0.15) is 0 Å². The third-order valence-corrected chi connectivity index (χ3v) is 5.25. The van der Waals surface area contributed by atoms with Gasteiger partial charge in [-0.3, -0.25) is 4.99 Å². The van der Waals surface area contributed by atoms with Crippen LogP contribution >= 0.6 is 0 Å². The molecule has 0 atom stereocenters. The molecule has 1 fully saturated rings. The highest BCUT2D eigenvalue weighted by Gasteiger charge is 2.19. The number of nitrogens with zero attached hydrogens (tertiary/aromatic N) is 2. The van der Waals surface area contributed by atoms with Crippen LogP contribution in [0.25, 0.3) is 0 Å². The normalized spacial score (nSPS) is 15.8. The zero-order chi connectivity index (χ0) is 21.1. The summed E-state index contributed by atoms with van der Waals surface area (Å²) in [4.78, 5) is 7.33. The van der Waals surface area contributed by atoms with E-state index in [0.29, 0.717) is 29.8 Å². The fourth-order valence-electron chi connectivity index (χ4n) is 3.78. The summed E-state index contributed by atoms with van der Waals surface area (Å²) in [5.74, 6) is 2.89. The van der Waals surface area contributed by atoms with Crippen LogP contribution in [-0.4, -0.2) is 71.0 Å². The van der Waals surface area contributed by atoms with Crippen molar-refractivity contribution in [2.75, 3.05) is 54.1 Å². The summed E-state index contributed by atoms with van der Waals surface area (Å²) in [7, 11) is 4.91. The van der Waals surface area contributed by atoms with Gasteiger partial charge in [0.15, 0.2) is 17.5 Å². The Morgan fingerprint density at radius 2 is 1.79 bits per heavy atom. The Bertz CT molecular complexity index is 643. The Hall–Kier alpha value is -2.15. The van der Waals surface area contributed by atoms with Crippen molar-refractivity contribution in [1.82, 2.24) is 15.5 Å². The van der Waals surface area contributed by atoms with E-state index in [1.807, 2.05) is 12.1 Å². The molecule has 0 spiro atoms. The average Bonchev–Trinajstić information content (AvgIpc) is 2.74. The summed E-state index contributed by atoms with van der Waals surface area (Å²) >= 11 is 0. The van der Waals surface area contributed by atoms with Crippen molar-refractivity contribution in [2.24, 2.45) is 4.99 Å². The van der Waals surface area contributed by atoms with Crippen LogP contribution in [0.5, 0.6) is 17.2 Å². The lowest BCUT2D eigenvalue weighted by molar-refractivity contribution is 0.206. The standard InChI is InChI=1S/C22H38N4O3/c1-6-14-26-15-11-18(12-16-26)25-22(23-7-2)24-13-10-17-8-9-19(27-3)21(29-5)20(17)28-4/h8-9,18H,6-7,10-16H2,1-5H3,(H2,23,24,25). The molecule has 164 valence electrons. The van der Waals surface area contributed by atoms with Crippen LogP contribution in [0.15, 0.2) is 17.1 Å². The number of methoxy groups -OCH3 is 3. The van der Waals surface area contributed by atoms with Crippen LogP contribution in [0.1, 0.15) is 38.7 Å². The number of likely N-dealkylation sites (tertiary alicyclic amines) is 1.